The Balaban J connectivity index is 1.77. The predicted molar refractivity (Wildman–Crippen MR) is 112 cm³/mol. The van der Waals surface area contributed by atoms with Crippen molar-refractivity contribution in [2.45, 2.75) is 75.9 Å². The molecule has 0 bridgehead atoms. The normalized spacial score (nSPS) is 27.2. The lowest BCUT2D eigenvalue weighted by molar-refractivity contribution is -0.141. The van der Waals surface area contributed by atoms with Crippen molar-refractivity contribution in [3.8, 4) is 5.75 Å². The molecule has 3 rings (SSSR count). The van der Waals surface area contributed by atoms with Crippen LogP contribution in [0.15, 0.2) is 30.3 Å². The molecule has 0 aromatic heterocycles. The number of benzene rings is 1. The topological polar surface area (TPSA) is 57.2 Å². The number of carbonyl (C=O) groups excluding carboxylic acids is 1. The fourth-order valence-electron chi connectivity index (χ4n) is 3.31. The van der Waals surface area contributed by atoms with Crippen molar-refractivity contribution in [3.63, 3.8) is 0 Å². The van der Waals surface area contributed by atoms with Crippen LogP contribution >= 0.6 is 12.0 Å². The van der Waals surface area contributed by atoms with Crippen LogP contribution in [0.2, 0.25) is 18.1 Å². The van der Waals surface area contributed by atoms with Crippen molar-refractivity contribution in [2.24, 2.45) is 0 Å². The Morgan fingerprint density at radius 2 is 1.86 bits per heavy atom. The molecule has 8 heteroatoms. The van der Waals surface area contributed by atoms with E-state index < -0.39 is 19.3 Å². The first-order valence-corrected chi connectivity index (χ1v) is 13.4. The van der Waals surface area contributed by atoms with E-state index in [1.807, 2.05) is 36.9 Å². The van der Waals surface area contributed by atoms with Gasteiger partial charge in [-0.25, -0.2) is 0 Å². The standard InChI is InChI=1S/C20H31NO5SSi/c1-19(2,3)28(6,7)25-16-15-13-23-20(4,5)21(15)18(22)17(16)27-26-24-14-11-9-8-10-12-14/h8-12,15-17H,13H2,1-7H3/t15-,16-,17-/m0/s1. The Morgan fingerprint density at radius 1 is 1.21 bits per heavy atom. The zero-order chi connectivity index (χ0) is 20.7. The summed E-state index contributed by atoms with van der Waals surface area (Å²) in [5.74, 6) is 0.560. The minimum Gasteiger partial charge on any atom is -0.410 e. The molecule has 2 heterocycles. The minimum atomic E-state index is -2.09. The zero-order valence-electron chi connectivity index (χ0n) is 17.7. The Bertz CT molecular complexity index is 706. The molecule has 0 unspecified atom stereocenters. The van der Waals surface area contributed by atoms with Crippen LogP contribution in [0.5, 0.6) is 5.75 Å². The van der Waals surface area contributed by atoms with Gasteiger partial charge in [-0.1, -0.05) is 39.0 Å². The molecule has 1 aromatic rings. The van der Waals surface area contributed by atoms with Crippen LogP contribution in [0.4, 0.5) is 0 Å². The molecule has 2 saturated heterocycles. The van der Waals surface area contributed by atoms with Crippen LogP contribution in [0.3, 0.4) is 0 Å². The third-order valence-corrected chi connectivity index (χ3v) is 11.2. The largest absolute Gasteiger partial charge is 0.410 e. The van der Waals surface area contributed by atoms with Crippen molar-refractivity contribution in [2.75, 3.05) is 6.61 Å². The number of para-hydroxylation sites is 1. The number of rotatable bonds is 6. The van der Waals surface area contributed by atoms with Crippen LogP contribution in [-0.4, -0.2) is 48.9 Å². The highest BCUT2D eigenvalue weighted by Crippen LogP contribution is 2.45. The SMILES string of the molecule is CC1(C)OC[C@H]2[C@H](O[Si](C)(C)C(C)(C)C)[C@H](SOOc3ccccc3)C(=O)N21. The van der Waals surface area contributed by atoms with E-state index in [-0.39, 0.29) is 23.1 Å². The number of nitrogens with zero attached hydrogens (tertiary/aromatic N) is 1. The van der Waals surface area contributed by atoms with Crippen LogP contribution < -0.4 is 4.89 Å². The first-order chi connectivity index (χ1) is 12.9. The van der Waals surface area contributed by atoms with Gasteiger partial charge >= 0.3 is 0 Å². The molecule has 2 fully saturated rings. The molecule has 6 nitrogen and oxygen atoms in total. The maximum Gasteiger partial charge on any atom is 0.243 e. The highest BCUT2D eigenvalue weighted by molar-refractivity contribution is 7.96. The van der Waals surface area contributed by atoms with Gasteiger partial charge in [-0.15, -0.1) is 4.33 Å². The van der Waals surface area contributed by atoms with E-state index in [0.29, 0.717) is 12.4 Å². The molecule has 156 valence electrons. The Labute approximate surface area is 173 Å². The highest BCUT2D eigenvalue weighted by Gasteiger charge is 2.60. The Kier molecular flexibility index (Phi) is 5.91. The van der Waals surface area contributed by atoms with Gasteiger partial charge in [0.15, 0.2) is 14.1 Å². The lowest BCUT2D eigenvalue weighted by Gasteiger charge is -2.40. The zero-order valence-corrected chi connectivity index (χ0v) is 19.5. The average Bonchev–Trinajstić information content (AvgIpc) is 3.04. The van der Waals surface area contributed by atoms with E-state index in [9.17, 15) is 4.79 Å². The smallest absolute Gasteiger partial charge is 0.243 e. The fraction of sp³-hybridized carbons (Fsp3) is 0.650. The summed E-state index contributed by atoms with van der Waals surface area (Å²) in [7, 11) is -2.09. The minimum absolute atomic E-state index is 0.0297. The number of hydrogen-bond acceptors (Lipinski definition) is 6. The number of fused-ring (bicyclic) bond motifs is 1. The lowest BCUT2D eigenvalue weighted by atomic mass is 10.2. The van der Waals surface area contributed by atoms with E-state index >= 15 is 0 Å². The average molecular weight is 426 g/mol. The number of carbonyl (C=O) groups is 1. The quantitative estimate of drug-likeness (QED) is 0.292. The maximum absolute atomic E-state index is 13.2. The van der Waals surface area contributed by atoms with Crippen LogP contribution in [0.25, 0.3) is 0 Å². The second kappa shape index (κ2) is 7.64. The Hall–Kier alpha value is -1.06. The molecule has 28 heavy (non-hydrogen) atoms. The van der Waals surface area contributed by atoms with Gasteiger partial charge in [0.2, 0.25) is 5.91 Å². The molecular formula is C20H31NO5SSi. The van der Waals surface area contributed by atoms with Crippen molar-refractivity contribution in [1.29, 1.82) is 0 Å². The first-order valence-electron chi connectivity index (χ1n) is 9.64. The molecule has 0 saturated carbocycles. The summed E-state index contributed by atoms with van der Waals surface area (Å²) in [4.78, 5) is 20.4. The van der Waals surface area contributed by atoms with Gasteiger partial charge in [0.25, 0.3) is 0 Å². The molecular weight excluding hydrogens is 394 g/mol. The molecule has 1 aromatic carbocycles. The summed E-state index contributed by atoms with van der Waals surface area (Å²) in [6, 6.07) is 9.12. The van der Waals surface area contributed by atoms with Crippen LogP contribution in [0.1, 0.15) is 34.6 Å². The van der Waals surface area contributed by atoms with Crippen molar-refractivity contribution < 1.29 is 23.2 Å². The third-order valence-electron chi connectivity index (χ3n) is 5.93. The van der Waals surface area contributed by atoms with E-state index in [0.717, 1.165) is 12.0 Å². The molecule has 0 N–H and O–H groups in total. The number of ether oxygens (including phenoxy) is 1. The second-order valence-corrected chi connectivity index (χ2v) is 15.0. The van der Waals surface area contributed by atoms with Gasteiger partial charge in [-0.05, 0) is 44.1 Å². The third kappa shape index (κ3) is 4.11. The maximum atomic E-state index is 13.2. The van der Waals surface area contributed by atoms with Gasteiger partial charge in [-0.3, -0.25) is 4.79 Å². The summed E-state index contributed by atoms with van der Waals surface area (Å²) in [5, 5.41) is -0.458. The number of hydrogen-bond donors (Lipinski definition) is 0. The van der Waals surface area contributed by atoms with E-state index in [1.165, 1.54) is 0 Å². The van der Waals surface area contributed by atoms with Gasteiger partial charge < -0.3 is 19.0 Å². The van der Waals surface area contributed by atoms with Gasteiger partial charge in [-0.2, -0.15) is 0 Å². The monoisotopic (exact) mass is 425 g/mol. The lowest BCUT2D eigenvalue weighted by Crippen LogP contribution is -2.49. The molecule has 2 aliphatic heterocycles. The highest BCUT2D eigenvalue weighted by atomic mass is 32.2. The van der Waals surface area contributed by atoms with Crippen molar-refractivity contribution >= 4 is 26.3 Å². The van der Waals surface area contributed by atoms with Crippen LogP contribution in [0, 0.1) is 0 Å². The molecule has 0 spiro atoms. The van der Waals surface area contributed by atoms with E-state index in [1.54, 1.807) is 12.1 Å². The van der Waals surface area contributed by atoms with E-state index in [4.69, 9.17) is 18.4 Å². The number of amides is 1. The van der Waals surface area contributed by atoms with Crippen molar-refractivity contribution in [1.82, 2.24) is 4.90 Å². The summed E-state index contributed by atoms with van der Waals surface area (Å²) in [6.45, 7) is 15.3. The molecule has 0 aliphatic carbocycles. The fourth-order valence-corrected chi connectivity index (χ4v) is 5.48. The molecule has 1 amide bonds. The molecule has 0 radical (unpaired) electrons. The first kappa shape index (κ1) is 21.6. The summed E-state index contributed by atoms with van der Waals surface area (Å²) < 4.78 is 18.0. The summed E-state index contributed by atoms with van der Waals surface area (Å²) in [5.41, 5.74) is -0.646. The summed E-state index contributed by atoms with van der Waals surface area (Å²) in [6.07, 6.45) is -0.306. The Morgan fingerprint density at radius 3 is 2.46 bits per heavy atom. The molecule has 3 atom stereocenters. The predicted octanol–water partition coefficient (Wildman–Crippen LogP) is 4.38. The molecule has 2 aliphatic rings. The van der Waals surface area contributed by atoms with Gasteiger partial charge in [0, 0.05) is 0 Å². The van der Waals surface area contributed by atoms with Gasteiger partial charge in [0.1, 0.15) is 11.0 Å². The summed E-state index contributed by atoms with van der Waals surface area (Å²) >= 11 is 1.03. The second-order valence-electron chi connectivity index (χ2n) is 9.36. The van der Waals surface area contributed by atoms with Crippen molar-refractivity contribution in [3.05, 3.63) is 30.3 Å². The van der Waals surface area contributed by atoms with Crippen LogP contribution in [-0.2, 0) is 18.3 Å². The van der Waals surface area contributed by atoms with Gasteiger partial charge in [0.05, 0.1) is 30.8 Å². The van der Waals surface area contributed by atoms with E-state index in [2.05, 4.69) is 33.9 Å².